The first-order valence-electron chi connectivity index (χ1n) is 10.3. The molecular formula is C24H30N2O5. The summed E-state index contributed by atoms with van der Waals surface area (Å²) >= 11 is 0. The first kappa shape index (κ1) is 23.9. The van der Waals surface area contributed by atoms with Gasteiger partial charge >= 0.3 is 5.97 Å². The van der Waals surface area contributed by atoms with Crippen molar-refractivity contribution in [2.24, 2.45) is 5.92 Å². The van der Waals surface area contributed by atoms with Gasteiger partial charge in [-0.05, 0) is 49.1 Å². The van der Waals surface area contributed by atoms with Crippen LogP contribution in [-0.4, -0.2) is 37.5 Å². The van der Waals surface area contributed by atoms with Gasteiger partial charge in [0, 0.05) is 12.5 Å². The molecule has 2 N–H and O–H groups in total. The summed E-state index contributed by atoms with van der Waals surface area (Å²) in [6.07, 6.45) is 0.807. The first-order chi connectivity index (χ1) is 14.8. The molecule has 0 aromatic heterocycles. The Bertz CT molecular complexity index is 893. The fourth-order valence-electron chi connectivity index (χ4n) is 2.70. The van der Waals surface area contributed by atoms with E-state index in [1.807, 2.05) is 45.0 Å². The molecule has 0 radical (unpaired) electrons. The minimum atomic E-state index is -0.668. The van der Waals surface area contributed by atoms with Crippen molar-refractivity contribution < 1.29 is 23.9 Å². The summed E-state index contributed by atoms with van der Waals surface area (Å²) in [5.41, 5.74) is 1.55. The van der Waals surface area contributed by atoms with E-state index in [4.69, 9.17) is 9.47 Å². The fraction of sp³-hybridized carbons (Fsp3) is 0.375. The van der Waals surface area contributed by atoms with Crippen molar-refractivity contribution in [1.82, 2.24) is 5.32 Å². The third kappa shape index (κ3) is 7.77. The van der Waals surface area contributed by atoms with Gasteiger partial charge in [0.25, 0.3) is 5.91 Å². The molecule has 2 aromatic rings. The topological polar surface area (TPSA) is 93.7 Å². The molecule has 0 aliphatic heterocycles. The molecule has 0 aliphatic rings. The van der Waals surface area contributed by atoms with Crippen LogP contribution in [0.2, 0.25) is 0 Å². The van der Waals surface area contributed by atoms with Crippen LogP contribution in [0.5, 0.6) is 5.75 Å². The monoisotopic (exact) mass is 426 g/mol. The zero-order chi connectivity index (χ0) is 22.8. The minimum Gasteiger partial charge on any atom is -0.497 e. The Balaban J connectivity index is 1.90. The number of hydrogen-bond acceptors (Lipinski definition) is 5. The van der Waals surface area contributed by atoms with Gasteiger partial charge in [0.05, 0.1) is 18.4 Å². The number of para-hydroxylation sites is 1. The number of esters is 1. The second-order valence-corrected chi connectivity index (χ2v) is 7.62. The van der Waals surface area contributed by atoms with Crippen molar-refractivity contribution in [1.29, 1.82) is 0 Å². The quantitative estimate of drug-likeness (QED) is 0.567. The van der Waals surface area contributed by atoms with Gasteiger partial charge in [-0.15, -0.1) is 0 Å². The maximum absolute atomic E-state index is 12.4. The molecule has 7 nitrogen and oxygen atoms in total. The predicted molar refractivity (Wildman–Crippen MR) is 119 cm³/mol. The number of anilines is 1. The van der Waals surface area contributed by atoms with Crippen LogP contribution < -0.4 is 15.4 Å². The highest BCUT2D eigenvalue weighted by Gasteiger charge is 2.17. The molecule has 0 saturated carbocycles. The second kappa shape index (κ2) is 11.7. The summed E-state index contributed by atoms with van der Waals surface area (Å²) < 4.78 is 10.3. The number of benzene rings is 2. The third-order valence-electron chi connectivity index (χ3n) is 4.94. The minimum absolute atomic E-state index is 0.0246. The normalized spacial score (nSPS) is 11.5. The highest BCUT2D eigenvalue weighted by molar-refractivity contribution is 6.01. The van der Waals surface area contributed by atoms with E-state index >= 15 is 0 Å². The summed E-state index contributed by atoms with van der Waals surface area (Å²) in [6.45, 7) is 5.49. The van der Waals surface area contributed by atoms with Crippen molar-refractivity contribution in [2.45, 2.75) is 39.7 Å². The van der Waals surface area contributed by atoms with Crippen molar-refractivity contribution >= 4 is 23.5 Å². The maximum Gasteiger partial charge on any atom is 0.340 e. The van der Waals surface area contributed by atoms with Crippen LogP contribution in [-0.2, 0) is 20.7 Å². The molecule has 2 rings (SSSR count). The maximum atomic E-state index is 12.4. The number of aryl methyl sites for hydroxylation is 1. The van der Waals surface area contributed by atoms with Gasteiger partial charge < -0.3 is 20.1 Å². The van der Waals surface area contributed by atoms with Crippen LogP contribution in [0.15, 0.2) is 48.5 Å². The van der Waals surface area contributed by atoms with Crippen LogP contribution in [0, 0.1) is 5.92 Å². The zero-order valence-electron chi connectivity index (χ0n) is 18.4. The van der Waals surface area contributed by atoms with Crippen molar-refractivity contribution in [3.05, 3.63) is 59.7 Å². The summed E-state index contributed by atoms with van der Waals surface area (Å²) in [6, 6.07) is 14.0. The van der Waals surface area contributed by atoms with Crippen LogP contribution >= 0.6 is 0 Å². The lowest BCUT2D eigenvalue weighted by molar-refractivity contribution is -0.125. The zero-order valence-corrected chi connectivity index (χ0v) is 18.4. The standard InChI is InChI=1S/C24H30N2O5/c1-16(2)17(3)25-23(28)15-31-24(29)20-7-5-6-8-21(20)26-22(27)14-11-18-9-12-19(30-4)13-10-18/h5-10,12-13,16-17H,11,14-15H2,1-4H3,(H,25,28)(H,26,27). The molecule has 0 heterocycles. The average Bonchev–Trinajstić information content (AvgIpc) is 2.76. The first-order valence-corrected chi connectivity index (χ1v) is 10.3. The Morgan fingerprint density at radius 1 is 0.935 bits per heavy atom. The SMILES string of the molecule is COc1ccc(CCC(=O)Nc2ccccc2C(=O)OCC(=O)NC(C)C(C)C)cc1. The number of rotatable bonds is 10. The summed E-state index contributed by atoms with van der Waals surface area (Å²) in [5.74, 6) is -0.227. The summed E-state index contributed by atoms with van der Waals surface area (Å²) in [5, 5.41) is 5.53. The van der Waals surface area contributed by atoms with Crippen molar-refractivity contribution in [2.75, 3.05) is 19.0 Å². The lowest BCUT2D eigenvalue weighted by atomic mass is 10.1. The molecule has 0 saturated heterocycles. The third-order valence-corrected chi connectivity index (χ3v) is 4.94. The number of nitrogens with one attached hydrogen (secondary N) is 2. The van der Waals surface area contributed by atoms with E-state index < -0.39 is 5.97 Å². The number of carbonyl (C=O) groups is 3. The van der Waals surface area contributed by atoms with Crippen molar-refractivity contribution in [3.8, 4) is 5.75 Å². The van der Waals surface area contributed by atoms with Crippen LogP contribution in [0.4, 0.5) is 5.69 Å². The Morgan fingerprint density at radius 3 is 2.26 bits per heavy atom. The molecule has 1 atom stereocenters. The van der Waals surface area contributed by atoms with E-state index in [1.54, 1.807) is 31.4 Å². The Labute approximate surface area is 183 Å². The van der Waals surface area contributed by atoms with Gasteiger partial charge in [0.15, 0.2) is 6.61 Å². The highest BCUT2D eigenvalue weighted by Crippen LogP contribution is 2.18. The molecule has 0 spiro atoms. The molecule has 0 aliphatic carbocycles. The van der Waals surface area contributed by atoms with Crippen LogP contribution in [0.1, 0.15) is 43.1 Å². The molecule has 0 bridgehead atoms. The van der Waals surface area contributed by atoms with Crippen molar-refractivity contribution in [3.63, 3.8) is 0 Å². The molecular weight excluding hydrogens is 396 g/mol. The van der Waals surface area contributed by atoms with E-state index in [2.05, 4.69) is 10.6 Å². The number of carbonyl (C=O) groups excluding carboxylic acids is 3. The van der Waals surface area contributed by atoms with E-state index in [-0.39, 0.29) is 42.4 Å². The second-order valence-electron chi connectivity index (χ2n) is 7.62. The van der Waals surface area contributed by atoms with E-state index in [1.165, 1.54) is 0 Å². The molecule has 1 unspecified atom stereocenters. The van der Waals surface area contributed by atoms with E-state index in [0.717, 1.165) is 11.3 Å². The predicted octanol–water partition coefficient (Wildman–Crippen LogP) is 3.58. The molecule has 2 aromatic carbocycles. The van der Waals surface area contributed by atoms with Gasteiger partial charge in [-0.25, -0.2) is 4.79 Å². The molecule has 2 amide bonds. The Hall–Kier alpha value is -3.35. The highest BCUT2D eigenvalue weighted by atomic mass is 16.5. The fourth-order valence-corrected chi connectivity index (χ4v) is 2.70. The smallest absolute Gasteiger partial charge is 0.340 e. The van der Waals surface area contributed by atoms with E-state index in [0.29, 0.717) is 12.1 Å². The average molecular weight is 427 g/mol. The number of amides is 2. The van der Waals surface area contributed by atoms with Crippen LogP contribution in [0.3, 0.4) is 0 Å². The Kier molecular flexibility index (Phi) is 9.06. The lowest BCUT2D eigenvalue weighted by Crippen LogP contribution is -2.38. The van der Waals surface area contributed by atoms with Gasteiger partial charge in [-0.1, -0.05) is 38.1 Å². The van der Waals surface area contributed by atoms with Gasteiger partial charge in [-0.2, -0.15) is 0 Å². The van der Waals surface area contributed by atoms with E-state index in [9.17, 15) is 14.4 Å². The van der Waals surface area contributed by atoms with Gasteiger partial charge in [-0.3, -0.25) is 9.59 Å². The van der Waals surface area contributed by atoms with Gasteiger partial charge in [0.2, 0.25) is 5.91 Å². The summed E-state index contributed by atoms with van der Waals surface area (Å²) in [7, 11) is 1.60. The van der Waals surface area contributed by atoms with Gasteiger partial charge in [0.1, 0.15) is 5.75 Å². The number of hydrogen-bond donors (Lipinski definition) is 2. The largest absolute Gasteiger partial charge is 0.497 e. The molecule has 7 heteroatoms. The number of methoxy groups -OCH3 is 1. The molecule has 0 fully saturated rings. The number of ether oxygens (including phenoxy) is 2. The summed E-state index contributed by atoms with van der Waals surface area (Å²) in [4.78, 5) is 36.8. The lowest BCUT2D eigenvalue weighted by Gasteiger charge is -2.17. The molecule has 31 heavy (non-hydrogen) atoms. The van der Waals surface area contributed by atoms with Crippen LogP contribution in [0.25, 0.3) is 0 Å². The molecule has 166 valence electrons. The Morgan fingerprint density at radius 2 is 1.61 bits per heavy atom.